The summed E-state index contributed by atoms with van der Waals surface area (Å²) in [6, 6.07) is 0. The summed E-state index contributed by atoms with van der Waals surface area (Å²) in [5.74, 6) is 3.05. The fraction of sp³-hybridized carbons (Fsp3) is 0.714. The number of nitrogens with one attached hydrogen (secondary N) is 1. The van der Waals surface area contributed by atoms with Crippen molar-refractivity contribution >= 4 is 11.6 Å². The Kier molecular flexibility index (Phi) is 2.68. The van der Waals surface area contributed by atoms with Gasteiger partial charge in [0.2, 0.25) is 0 Å². The first-order valence-corrected chi connectivity index (χ1v) is 6.95. The van der Waals surface area contributed by atoms with E-state index >= 15 is 0 Å². The van der Waals surface area contributed by atoms with Gasteiger partial charge < -0.3 is 11.1 Å². The highest BCUT2D eigenvalue weighted by Crippen LogP contribution is 2.41. The number of hydrogen-bond donors (Lipinski definition) is 2. The number of nitrogen functional groups attached to an aromatic ring is 1. The zero-order chi connectivity index (χ0) is 12.8. The van der Waals surface area contributed by atoms with E-state index in [0.29, 0.717) is 17.2 Å². The van der Waals surface area contributed by atoms with Gasteiger partial charge in [-0.2, -0.15) is 0 Å². The van der Waals surface area contributed by atoms with E-state index in [0.717, 1.165) is 23.8 Å². The quantitative estimate of drug-likeness (QED) is 0.857. The standard InChI is InChI=1S/C14H22N4/c1-9-11(15)17-13(10-4-5-10)18-12(9)16-8-14(2)6-3-7-14/h10H,3-8H2,1-2H3,(H3,15,16,17,18). The second-order valence-corrected chi connectivity index (χ2v) is 6.23. The van der Waals surface area contributed by atoms with E-state index in [2.05, 4.69) is 22.2 Å². The Morgan fingerprint density at radius 1 is 1.33 bits per heavy atom. The van der Waals surface area contributed by atoms with Crippen LogP contribution in [0.3, 0.4) is 0 Å². The van der Waals surface area contributed by atoms with Gasteiger partial charge in [-0.05, 0) is 38.0 Å². The molecular formula is C14H22N4. The zero-order valence-electron chi connectivity index (χ0n) is 11.3. The highest BCUT2D eigenvalue weighted by molar-refractivity contribution is 5.55. The van der Waals surface area contributed by atoms with E-state index in [1.165, 1.54) is 32.1 Å². The summed E-state index contributed by atoms with van der Waals surface area (Å²) in [6.45, 7) is 5.33. The summed E-state index contributed by atoms with van der Waals surface area (Å²) in [5.41, 5.74) is 7.42. The highest BCUT2D eigenvalue weighted by atomic mass is 15.1. The molecule has 0 spiro atoms. The van der Waals surface area contributed by atoms with E-state index in [1.54, 1.807) is 0 Å². The maximum Gasteiger partial charge on any atom is 0.136 e. The maximum absolute atomic E-state index is 5.98. The van der Waals surface area contributed by atoms with Gasteiger partial charge in [0.15, 0.2) is 0 Å². The Balaban J connectivity index is 1.77. The van der Waals surface area contributed by atoms with Crippen molar-refractivity contribution in [1.29, 1.82) is 0 Å². The zero-order valence-corrected chi connectivity index (χ0v) is 11.3. The van der Waals surface area contributed by atoms with Gasteiger partial charge in [-0.3, -0.25) is 0 Å². The fourth-order valence-electron chi connectivity index (χ4n) is 2.50. The molecule has 18 heavy (non-hydrogen) atoms. The van der Waals surface area contributed by atoms with Crippen LogP contribution in [-0.2, 0) is 0 Å². The second kappa shape index (κ2) is 4.11. The van der Waals surface area contributed by atoms with Crippen LogP contribution in [-0.4, -0.2) is 16.5 Å². The number of nitrogens with zero attached hydrogens (tertiary/aromatic N) is 2. The van der Waals surface area contributed by atoms with E-state index in [4.69, 9.17) is 5.73 Å². The molecular weight excluding hydrogens is 224 g/mol. The predicted molar refractivity (Wildman–Crippen MR) is 73.6 cm³/mol. The molecule has 0 atom stereocenters. The van der Waals surface area contributed by atoms with Crippen molar-refractivity contribution in [3.63, 3.8) is 0 Å². The molecule has 4 heteroatoms. The van der Waals surface area contributed by atoms with Crippen molar-refractivity contribution in [3.05, 3.63) is 11.4 Å². The molecule has 0 radical (unpaired) electrons. The second-order valence-electron chi connectivity index (χ2n) is 6.23. The lowest BCUT2D eigenvalue weighted by Crippen LogP contribution is -2.33. The van der Waals surface area contributed by atoms with Gasteiger partial charge in [0.25, 0.3) is 0 Å². The van der Waals surface area contributed by atoms with Crippen LogP contribution < -0.4 is 11.1 Å². The summed E-state index contributed by atoms with van der Waals surface area (Å²) in [4.78, 5) is 9.05. The molecule has 2 saturated carbocycles. The minimum absolute atomic E-state index is 0.450. The average molecular weight is 246 g/mol. The van der Waals surface area contributed by atoms with Crippen LogP contribution in [0.4, 0.5) is 11.6 Å². The first kappa shape index (κ1) is 11.8. The van der Waals surface area contributed by atoms with E-state index in [1.807, 2.05) is 6.92 Å². The molecule has 0 bridgehead atoms. The van der Waals surface area contributed by atoms with Crippen LogP contribution in [0.2, 0.25) is 0 Å². The predicted octanol–water partition coefficient (Wildman–Crippen LogP) is 2.85. The van der Waals surface area contributed by atoms with Crippen molar-refractivity contribution in [2.45, 2.75) is 51.9 Å². The molecule has 3 N–H and O–H groups in total. The average Bonchev–Trinajstić information content (AvgIpc) is 3.12. The topological polar surface area (TPSA) is 63.8 Å². The maximum atomic E-state index is 5.98. The van der Waals surface area contributed by atoms with Gasteiger partial charge in [-0.15, -0.1) is 0 Å². The molecule has 0 saturated heterocycles. The van der Waals surface area contributed by atoms with Crippen molar-refractivity contribution in [2.75, 3.05) is 17.6 Å². The van der Waals surface area contributed by atoms with E-state index in [9.17, 15) is 0 Å². The number of hydrogen-bond acceptors (Lipinski definition) is 4. The molecule has 0 unspecified atom stereocenters. The van der Waals surface area contributed by atoms with Gasteiger partial charge >= 0.3 is 0 Å². The number of nitrogens with two attached hydrogens (primary N) is 1. The lowest BCUT2D eigenvalue weighted by atomic mass is 9.70. The van der Waals surface area contributed by atoms with Crippen molar-refractivity contribution in [2.24, 2.45) is 5.41 Å². The third kappa shape index (κ3) is 2.16. The molecule has 2 aliphatic rings. The minimum atomic E-state index is 0.450. The summed E-state index contributed by atoms with van der Waals surface area (Å²) < 4.78 is 0. The molecule has 0 amide bonds. The molecule has 3 rings (SSSR count). The molecule has 0 aliphatic heterocycles. The van der Waals surface area contributed by atoms with Crippen molar-refractivity contribution in [3.8, 4) is 0 Å². The van der Waals surface area contributed by atoms with Crippen LogP contribution in [0, 0.1) is 12.3 Å². The van der Waals surface area contributed by atoms with E-state index in [-0.39, 0.29) is 0 Å². The number of rotatable bonds is 4. The summed E-state index contributed by atoms with van der Waals surface area (Å²) in [7, 11) is 0. The van der Waals surface area contributed by atoms with Crippen LogP contribution in [0.25, 0.3) is 0 Å². The normalized spacial score (nSPS) is 21.4. The van der Waals surface area contributed by atoms with E-state index < -0.39 is 0 Å². The smallest absolute Gasteiger partial charge is 0.136 e. The molecule has 2 aliphatic carbocycles. The molecule has 1 aromatic rings. The van der Waals surface area contributed by atoms with Gasteiger partial charge in [0.05, 0.1) is 0 Å². The largest absolute Gasteiger partial charge is 0.383 e. The Hall–Kier alpha value is -1.32. The van der Waals surface area contributed by atoms with Crippen molar-refractivity contribution in [1.82, 2.24) is 9.97 Å². The highest BCUT2D eigenvalue weighted by Gasteiger charge is 2.32. The summed E-state index contributed by atoms with van der Waals surface area (Å²) >= 11 is 0. The third-order valence-corrected chi connectivity index (χ3v) is 4.39. The van der Waals surface area contributed by atoms with Crippen LogP contribution in [0.1, 0.15) is 56.3 Å². The van der Waals surface area contributed by atoms with Crippen LogP contribution >= 0.6 is 0 Å². The molecule has 1 aromatic heterocycles. The Morgan fingerprint density at radius 2 is 2.06 bits per heavy atom. The lowest BCUT2D eigenvalue weighted by molar-refractivity contribution is 0.180. The molecule has 1 heterocycles. The monoisotopic (exact) mass is 246 g/mol. The van der Waals surface area contributed by atoms with Gasteiger partial charge in [-0.25, -0.2) is 9.97 Å². The Labute approximate surface area is 108 Å². The van der Waals surface area contributed by atoms with Gasteiger partial charge in [0.1, 0.15) is 17.5 Å². The Bertz CT molecular complexity index is 461. The fourth-order valence-corrected chi connectivity index (χ4v) is 2.50. The van der Waals surface area contributed by atoms with Gasteiger partial charge in [0, 0.05) is 18.0 Å². The molecule has 98 valence electrons. The SMILES string of the molecule is Cc1c(N)nc(C2CC2)nc1NCC1(C)CCC1. The minimum Gasteiger partial charge on any atom is -0.383 e. The number of anilines is 2. The first-order valence-electron chi connectivity index (χ1n) is 6.95. The Morgan fingerprint density at radius 3 is 2.61 bits per heavy atom. The van der Waals surface area contributed by atoms with Crippen LogP contribution in [0.5, 0.6) is 0 Å². The van der Waals surface area contributed by atoms with Gasteiger partial charge in [-0.1, -0.05) is 13.3 Å². The molecule has 2 fully saturated rings. The van der Waals surface area contributed by atoms with Crippen LogP contribution in [0.15, 0.2) is 0 Å². The third-order valence-electron chi connectivity index (χ3n) is 4.39. The number of aromatic nitrogens is 2. The summed E-state index contributed by atoms with van der Waals surface area (Å²) in [5, 5.41) is 3.49. The summed E-state index contributed by atoms with van der Waals surface area (Å²) in [6.07, 6.45) is 6.40. The molecule has 4 nitrogen and oxygen atoms in total. The lowest BCUT2D eigenvalue weighted by Gasteiger charge is -2.38. The molecule has 0 aromatic carbocycles. The first-order chi connectivity index (χ1) is 8.57. The van der Waals surface area contributed by atoms with Crippen molar-refractivity contribution < 1.29 is 0 Å².